The molecule has 1 amide bonds. The van der Waals surface area contributed by atoms with Gasteiger partial charge in [-0.05, 0) is 45.4 Å². The largest absolute Gasteiger partial charge is 0.392 e. The average molecular weight is 264 g/mol. The van der Waals surface area contributed by atoms with E-state index in [4.69, 9.17) is 0 Å². The molecule has 0 bridgehead atoms. The summed E-state index contributed by atoms with van der Waals surface area (Å²) in [6.45, 7) is 8.54. The molecule has 0 heterocycles. The zero-order valence-corrected chi connectivity index (χ0v) is 12.2. The second kappa shape index (κ2) is 7.26. The van der Waals surface area contributed by atoms with Crippen LogP contribution in [0.4, 0.5) is 5.69 Å². The lowest BCUT2D eigenvalue weighted by Crippen LogP contribution is -2.41. The molecule has 2 N–H and O–H groups in total. The van der Waals surface area contributed by atoms with Crippen molar-refractivity contribution in [2.24, 2.45) is 0 Å². The van der Waals surface area contributed by atoms with Crippen molar-refractivity contribution in [1.29, 1.82) is 0 Å². The Morgan fingerprint density at radius 2 is 2.05 bits per heavy atom. The van der Waals surface area contributed by atoms with Gasteiger partial charge in [-0.25, -0.2) is 0 Å². The number of rotatable bonds is 6. The molecule has 0 fully saturated rings. The van der Waals surface area contributed by atoms with E-state index in [1.165, 1.54) is 0 Å². The van der Waals surface area contributed by atoms with Gasteiger partial charge in [0.15, 0.2) is 0 Å². The Hall–Kier alpha value is -1.39. The van der Waals surface area contributed by atoms with Crippen molar-refractivity contribution in [2.75, 3.05) is 18.4 Å². The Labute approximate surface area is 115 Å². The fourth-order valence-electron chi connectivity index (χ4n) is 1.91. The number of benzene rings is 1. The van der Waals surface area contributed by atoms with Gasteiger partial charge in [0.1, 0.15) is 0 Å². The van der Waals surface area contributed by atoms with Crippen LogP contribution in [0.3, 0.4) is 0 Å². The summed E-state index contributed by atoms with van der Waals surface area (Å²) in [5.74, 6) is -0.0556. The Kier molecular flexibility index (Phi) is 5.99. The standard InChI is InChI=1S/C15H24N2O2/c1-11(2)17(9-13(4)18)10-15(19)16-14-7-5-6-12(3)8-14/h5-8,11,13,18H,9-10H2,1-4H3,(H,16,19). The van der Waals surface area contributed by atoms with Gasteiger partial charge in [0.25, 0.3) is 0 Å². The molecule has 1 rings (SSSR count). The number of carbonyl (C=O) groups excluding carboxylic acids is 1. The van der Waals surface area contributed by atoms with Gasteiger partial charge >= 0.3 is 0 Å². The van der Waals surface area contributed by atoms with Gasteiger partial charge in [-0.2, -0.15) is 0 Å². The van der Waals surface area contributed by atoms with Crippen molar-refractivity contribution in [1.82, 2.24) is 4.90 Å². The first-order valence-corrected chi connectivity index (χ1v) is 6.67. The third-order valence-corrected chi connectivity index (χ3v) is 2.88. The first kappa shape index (κ1) is 15.7. The summed E-state index contributed by atoms with van der Waals surface area (Å²) in [7, 11) is 0. The van der Waals surface area contributed by atoms with E-state index >= 15 is 0 Å². The van der Waals surface area contributed by atoms with Gasteiger partial charge in [0.05, 0.1) is 12.6 Å². The molecule has 0 saturated heterocycles. The average Bonchev–Trinajstić information content (AvgIpc) is 2.27. The van der Waals surface area contributed by atoms with E-state index in [9.17, 15) is 9.90 Å². The van der Waals surface area contributed by atoms with Gasteiger partial charge in [0.2, 0.25) is 5.91 Å². The van der Waals surface area contributed by atoms with E-state index < -0.39 is 6.10 Å². The summed E-state index contributed by atoms with van der Waals surface area (Å²) in [5.41, 5.74) is 1.92. The molecule has 0 radical (unpaired) electrons. The molecule has 4 heteroatoms. The second-order valence-corrected chi connectivity index (χ2v) is 5.29. The van der Waals surface area contributed by atoms with Gasteiger partial charge in [-0.1, -0.05) is 12.1 Å². The minimum Gasteiger partial charge on any atom is -0.392 e. The van der Waals surface area contributed by atoms with Crippen molar-refractivity contribution in [3.8, 4) is 0 Å². The van der Waals surface area contributed by atoms with Crippen LogP contribution < -0.4 is 5.32 Å². The maximum absolute atomic E-state index is 12.0. The van der Waals surface area contributed by atoms with Crippen LogP contribution in [-0.2, 0) is 4.79 Å². The Morgan fingerprint density at radius 3 is 2.58 bits per heavy atom. The zero-order chi connectivity index (χ0) is 14.4. The molecule has 1 atom stereocenters. The van der Waals surface area contributed by atoms with Gasteiger partial charge in [0, 0.05) is 18.3 Å². The molecule has 0 aliphatic carbocycles. The molecule has 4 nitrogen and oxygen atoms in total. The highest BCUT2D eigenvalue weighted by Gasteiger charge is 2.15. The number of amides is 1. The predicted molar refractivity (Wildman–Crippen MR) is 78.2 cm³/mol. The lowest BCUT2D eigenvalue weighted by Gasteiger charge is -2.26. The third kappa shape index (κ3) is 5.85. The fourth-order valence-corrected chi connectivity index (χ4v) is 1.91. The SMILES string of the molecule is Cc1cccc(NC(=O)CN(CC(C)O)C(C)C)c1. The molecule has 106 valence electrons. The number of nitrogens with one attached hydrogen (secondary N) is 1. The van der Waals surface area contributed by atoms with Gasteiger partial charge in [-0.15, -0.1) is 0 Å². The number of aliphatic hydroxyl groups excluding tert-OH is 1. The van der Waals surface area contributed by atoms with Gasteiger partial charge < -0.3 is 10.4 Å². The maximum Gasteiger partial charge on any atom is 0.238 e. The topological polar surface area (TPSA) is 52.6 Å². The fraction of sp³-hybridized carbons (Fsp3) is 0.533. The predicted octanol–water partition coefficient (Wildman–Crippen LogP) is 2.02. The third-order valence-electron chi connectivity index (χ3n) is 2.88. The van der Waals surface area contributed by atoms with Crippen LogP contribution in [0.25, 0.3) is 0 Å². The van der Waals surface area contributed by atoms with Crippen molar-refractivity contribution >= 4 is 11.6 Å². The van der Waals surface area contributed by atoms with E-state index in [1.54, 1.807) is 6.92 Å². The van der Waals surface area contributed by atoms with Gasteiger partial charge in [-0.3, -0.25) is 9.69 Å². The van der Waals surface area contributed by atoms with Crippen LogP contribution in [0.15, 0.2) is 24.3 Å². The zero-order valence-electron chi connectivity index (χ0n) is 12.2. The van der Waals surface area contributed by atoms with Crippen molar-refractivity contribution in [2.45, 2.75) is 39.8 Å². The minimum atomic E-state index is -0.436. The van der Waals surface area contributed by atoms with E-state index in [2.05, 4.69) is 5.32 Å². The molecule has 0 aliphatic heterocycles. The Balaban J connectivity index is 2.57. The molecule has 0 spiro atoms. The van der Waals surface area contributed by atoms with Crippen LogP contribution in [0, 0.1) is 6.92 Å². The number of hydrogen-bond acceptors (Lipinski definition) is 3. The van der Waals surface area contributed by atoms with Crippen LogP contribution in [-0.4, -0.2) is 41.1 Å². The lowest BCUT2D eigenvalue weighted by atomic mass is 10.2. The molecule has 0 aliphatic rings. The van der Waals surface area contributed by atoms with Crippen LogP contribution in [0.1, 0.15) is 26.3 Å². The number of aliphatic hydroxyl groups is 1. The monoisotopic (exact) mass is 264 g/mol. The van der Waals surface area contributed by atoms with E-state index in [0.29, 0.717) is 6.54 Å². The Bertz CT molecular complexity index is 416. The molecular formula is C15H24N2O2. The van der Waals surface area contributed by atoms with Crippen LogP contribution in [0.2, 0.25) is 0 Å². The summed E-state index contributed by atoms with van der Waals surface area (Å²) < 4.78 is 0. The summed E-state index contributed by atoms with van der Waals surface area (Å²) in [5, 5.41) is 12.3. The summed E-state index contributed by atoms with van der Waals surface area (Å²) in [4.78, 5) is 13.9. The summed E-state index contributed by atoms with van der Waals surface area (Å²) >= 11 is 0. The first-order chi connectivity index (χ1) is 8.88. The molecule has 1 unspecified atom stereocenters. The van der Waals surface area contributed by atoms with Crippen LogP contribution in [0.5, 0.6) is 0 Å². The molecule has 0 saturated carbocycles. The van der Waals surface area contributed by atoms with E-state index in [-0.39, 0.29) is 18.5 Å². The molecule has 0 aromatic heterocycles. The minimum absolute atomic E-state index is 0.0556. The highest BCUT2D eigenvalue weighted by atomic mass is 16.3. The highest BCUT2D eigenvalue weighted by Crippen LogP contribution is 2.10. The van der Waals surface area contributed by atoms with Crippen molar-refractivity contribution in [3.63, 3.8) is 0 Å². The van der Waals surface area contributed by atoms with E-state index in [1.807, 2.05) is 49.9 Å². The summed E-state index contributed by atoms with van der Waals surface area (Å²) in [6.07, 6.45) is -0.436. The molecule has 1 aromatic carbocycles. The quantitative estimate of drug-likeness (QED) is 0.826. The molecule has 19 heavy (non-hydrogen) atoms. The molecule has 1 aromatic rings. The van der Waals surface area contributed by atoms with E-state index in [0.717, 1.165) is 11.3 Å². The number of anilines is 1. The highest BCUT2D eigenvalue weighted by molar-refractivity contribution is 5.92. The number of nitrogens with zero attached hydrogens (tertiary/aromatic N) is 1. The smallest absolute Gasteiger partial charge is 0.238 e. The number of aryl methyl sites for hydroxylation is 1. The van der Waals surface area contributed by atoms with Crippen molar-refractivity contribution in [3.05, 3.63) is 29.8 Å². The normalized spacial score (nSPS) is 12.8. The molecular weight excluding hydrogens is 240 g/mol. The van der Waals surface area contributed by atoms with Crippen molar-refractivity contribution < 1.29 is 9.90 Å². The summed E-state index contributed by atoms with van der Waals surface area (Å²) in [6, 6.07) is 7.94. The Morgan fingerprint density at radius 1 is 1.37 bits per heavy atom. The lowest BCUT2D eigenvalue weighted by molar-refractivity contribution is -0.118. The first-order valence-electron chi connectivity index (χ1n) is 6.67. The number of carbonyl (C=O) groups is 1. The van der Waals surface area contributed by atoms with Crippen LogP contribution >= 0.6 is 0 Å². The number of hydrogen-bond donors (Lipinski definition) is 2. The maximum atomic E-state index is 12.0. The second-order valence-electron chi connectivity index (χ2n) is 5.29.